The second-order valence-corrected chi connectivity index (χ2v) is 5.64. The maximum Gasteiger partial charge on any atom is 0.241 e. The number of hydrogen-bond donors (Lipinski definition) is 1. The third kappa shape index (κ3) is 3.97. The number of rotatable bonds is 4. The monoisotopic (exact) mass is 311 g/mol. The highest BCUT2D eigenvalue weighted by molar-refractivity contribution is 5.81. The molecule has 1 fully saturated rings. The van der Waals surface area contributed by atoms with Gasteiger partial charge in [-0.25, -0.2) is 9.97 Å². The van der Waals surface area contributed by atoms with Gasteiger partial charge in [0.2, 0.25) is 11.9 Å². The minimum Gasteiger partial charge on any atom is -0.376 e. The molecule has 120 valence electrons. The molecule has 2 heterocycles. The van der Waals surface area contributed by atoms with E-state index < -0.39 is 0 Å². The van der Waals surface area contributed by atoms with E-state index in [1.807, 2.05) is 36.1 Å². The molecule has 0 spiro atoms. The van der Waals surface area contributed by atoms with Crippen molar-refractivity contribution in [1.29, 1.82) is 0 Å². The quantitative estimate of drug-likeness (QED) is 0.928. The molecule has 1 saturated heterocycles. The van der Waals surface area contributed by atoms with Gasteiger partial charge in [0.15, 0.2) is 0 Å². The summed E-state index contributed by atoms with van der Waals surface area (Å²) < 4.78 is 0. The van der Waals surface area contributed by atoms with Crippen LogP contribution >= 0.6 is 0 Å². The van der Waals surface area contributed by atoms with E-state index in [9.17, 15) is 4.79 Å². The second-order valence-electron chi connectivity index (χ2n) is 5.64. The average molecular weight is 311 g/mol. The van der Waals surface area contributed by atoms with Gasteiger partial charge in [0.25, 0.3) is 0 Å². The van der Waals surface area contributed by atoms with Crippen LogP contribution in [0.15, 0.2) is 42.7 Å². The standard InChI is InChI=1S/C17H21N5O/c1-14-4-2-5-15(12-14)20-13-16(23)21-8-10-22(11-9-21)17-18-6-3-7-19-17/h2-7,12,20H,8-11,13H2,1H3. The Bertz CT molecular complexity index is 653. The van der Waals surface area contributed by atoms with E-state index in [1.54, 1.807) is 18.5 Å². The number of piperazine rings is 1. The smallest absolute Gasteiger partial charge is 0.241 e. The number of nitrogens with one attached hydrogen (secondary N) is 1. The lowest BCUT2D eigenvalue weighted by atomic mass is 10.2. The predicted molar refractivity (Wildman–Crippen MR) is 90.5 cm³/mol. The Balaban J connectivity index is 1.48. The van der Waals surface area contributed by atoms with Gasteiger partial charge in [-0.3, -0.25) is 4.79 Å². The predicted octanol–water partition coefficient (Wildman–Crippen LogP) is 1.55. The van der Waals surface area contributed by atoms with Crippen molar-refractivity contribution in [3.8, 4) is 0 Å². The summed E-state index contributed by atoms with van der Waals surface area (Å²) in [5, 5.41) is 3.20. The molecule has 1 aromatic carbocycles. The normalized spacial score (nSPS) is 14.7. The van der Waals surface area contributed by atoms with Crippen molar-refractivity contribution in [1.82, 2.24) is 14.9 Å². The molecule has 1 amide bonds. The third-order valence-electron chi connectivity index (χ3n) is 3.93. The number of nitrogens with zero attached hydrogens (tertiary/aromatic N) is 4. The van der Waals surface area contributed by atoms with Crippen molar-refractivity contribution < 1.29 is 4.79 Å². The Morgan fingerprint density at radius 2 is 1.87 bits per heavy atom. The summed E-state index contributed by atoms with van der Waals surface area (Å²) in [5.74, 6) is 0.859. The lowest BCUT2D eigenvalue weighted by Gasteiger charge is -2.34. The number of hydrogen-bond acceptors (Lipinski definition) is 5. The first-order valence-corrected chi connectivity index (χ1v) is 7.83. The second kappa shape index (κ2) is 7.09. The molecule has 1 aliphatic heterocycles. The van der Waals surface area contributed by atoms with Crippen LogP contribution in [0, 0.1) is 6.92 Å². The molecule has 23 heavy (non-hydrogen) atoms. The first-order chi connectivity index (χ1) is 11.2. The summed E-state index contributed by atoms with van der Waals surface area (Å²) in [7, 11) is 0. The number of aromatic nitrogens is 2. The number of carbonyl (C=O) groups is 1. The van der Waals surface area contributed by atoms with Gasteiger partial charge >= 0.3 is 0 Å². The molecule has 1 N–H and O–H groups in total. The van der Waals surface area contributed by atoms with Crippen LogP contribution in [0.25, 0.3) is 0 Å². The molecule has 1 aliphatic rings. The van der Waals surface area contributed by atoms with Gasteiger partial charge in [0.1, 0.15) is 0 Å². The molecular formula is C17H21N5O. The summed E-state index contributed by atoms with van der Waals surface area (Å²) in [6.45, 7) is 5.29. The highest BCUT2D eigenvalue weighted by Gasteiger charge is 2.22. The van der Waals surface area contributed by atoms with Crippen LogP contribution in [0.5, 0.6) is 0 Å². The molecule has 3 rings (SSSR count). The minimum absolute atomic E-state index is 0.125. The zero-order valence-corrected chi connectivity index (χ0v) is 13.3. The summed E-state index contributed by atoms with van der Waals surface area (Å²) >= 11 is 0. The van der Waals surface area contributed by atoms with Crippen LogP contribution in [-0.4, -0.2) is 53.5 Å². The van der Waals surface area contributed by atoms with Crippen LogP contribution < -0.4 is 10.2 Å². The van der Waals surface area contributed by atoms with Gasteiger partial charge in [0, 0.05) is 44.3 Å². The fourth-order valence-electron chi connectivity index (χ4n) is 2.65. The summed E-state index contributed by atoms with van der Waals surface area (Å²) in [5.41, 5.74) is 2.16. The molecule has 1 aromatic heterocycles. The number of aryl methyl sites for hydroxylation is 1. The molecule has 2 aromatic rings. The van der Waals surface area contributed by atoms with Gasteiger partial charge in [-0.1, -0.05) is 12.1 Å². The van der Waals surface area contributed by atoms with Crippen molar-refractivity contribution in [3.05, 3.63) is 48.3 Å². The van der Waals surface area contributed by atoms with Crippen molar-refractivity contribution in [2.24, 2.45) is 0 Å². The van der Waals surface area contributed by atoms with Crippen molar-refractivity contribution in [3.63, 3.8) is 0 Å². The third-order valence-corrected chi connectivity index (χ3v) is 3.93. The summed E-state index contributed by atoms with van der Waals surface area (Å²) in [4.78, 5) is 24.8. The zero-order valence-electron chi connectivity index (χ0n) is 13.3. The van der Waals surface area contributed by atoms with Gasteiger partial charge in [-0.15, -0.1) is 0 Å². The van der Waals surface area contributed by atoms with Crippen LogP contribution in [0.1, 0.15) is 5.56 Å². The number of amides is 1. The van der Waals surface area contributed by atoms with E-state index in [-0.39, 0.29) is 5.91 Å². The highest BCUT2D eigenvalue weighted by atomic mass is 16.2. The first-order valence-electron chi connectivity index (χ1n) is 7.83. The van der Waals surface area contributed by atoms with Crippen LogP contribution in [0.2, 0.25) is 0 Å². The number of anilines is 2. The largest absolute Gasteiger partial charge is 0.376 e. The average Bonchev–Trinajstić information content (AvgIpc) is 2.61. The Labute approximate surface area is 136 Å². The van der Waals surface area contributed by atoms with Gasteiger partial charge in [0.05, 0.1) is 6.54 Å². The Kier molecular flexibility index (Phi) is 4.71. The number of carbonyl (C=O) groups excluding carboxylic acids is 1. The Morgan fingerprint density at radius 1 is 1.13 bits per heavy atom. The lowest BCUT2D eigenvalue weighted by Crippen LogP contribution is -2.50. The molecular weight excluding hydrogens is 290 g/mol. The summed E-state index contributed by atoms with van der Waals surface area (Å²) in [6.07, 6.45) is 3.48. The first kappa shape index (κ1) is 15.3. The fraction of sp³-hybridized carbons (Fsp3) is 0.353. The van der Waals surface area contributed by atoms with Crippen LogP contribution in [0.3, 0.4) is 0 Å². The molecule has 0 atom stereocenters. The number of benzene rings is 1. The SMILES string of the molecule is Cc1cccc(NCC(=O)N2CCN(c3ncccn3)CC2)c1. The van der Waals surface area contributed by atoms with Gasteiger partial charge in [-0.2, -0.15) is 0 Å². The van der Waals surface area contributed by atoms with Gasteiger partial charge in [-0.05, 0) is 30.7 Å². The molecule has 0 unspecified atom stereocenters. The Morgan fingerprint density at radius 3 is 2.57 bits per heavy atom. The molecule has 0 saturated carbocycles. The topological polar surface area (TPSA) is 61.4 Å². The van der Waals surface area contributed by atoms with Crippen molar-refractivity contribution in [2.45, 2.75) is 6.92 Å². The highest BCUT2D eigenvalue weighted by Crippen LogP contribution is 2.11. The van der Waals surface area contributed by atoms with Crippen LogP contribution in [-0.2, 0) is 4.79 Å². The summed E-state index contributed by atoms with van der Waals surface area (Å²) in [6, 6.07) is 9.85. The molecule has 0 bridgehead atoms. The molecule has 0 aliphatic carbocycles. The van der Waals surface area contributed by atoms with Crippen molar-refractivity contribution in [2.75, 3.05) is 42.9 Å². The van der Waals surface area contributed by atoms with E-state index in [1.165, 1.54) is 5.56 Å². The lowest BCUT2D eigenvalue weighted by molar-refractivity contribution is -0.129. The van der Waals surface area contributed by atoms with Gasteiger partial charge < -0.3 is 15.1 Å². The fourth-order valence-corrected chi connectivity index (χ4v) is 2.65. The maximum atomic E-state index is 12.3. The van der Waals surface area contributed by atoms with E-state index >= 15 is 0 Å². The van der Waals surface area contributed by atoms with E-state index in [0.717, 1.165) is 24.7 Å². The maximum absolute atomic E-state index is 12.3. The van der Waals surface area contributed by atoms with Crippen LogP contribution in [0.4, 0.5) is 11.6 Å². The molecule has 6 heteroatoms. The minimum atomic E-state index is 0.125. The Hall–Kier alpha value is -2.63. The van der Waals surface area contributed by atoms with Crippen molar-refractivity contribution >= 4 is 17.5 Å². The zero-order chi connectivity index (χ0) is 16.1. The van der Waals surface area contributed by atoms with E-state index in [4.69, 9.17) is 0 Å². The van der Waals surface area contributed by atoms with E-state index in [2.05, 4.69) is 20.2 Å². The van der Waals surface area contributed by atoms with E-state index in [0.29, 0.717) is 19.6 Å². The molecule has 0 radical (unpaired) electrons. The molecule has 6 nitrogen and oxygen atoms in total.